The Hall–Kier alpha value is -3.57. The van der Waals surface area contributed by atoms with Gasteiger partial charge in [0.25, 0.3) is 0 Å². The average Bonchev–Trinajstić information content (AvgIpc) is 3.06. The minimum atomic E-state index is -3.92. The van der Waals surface area contributed by atoms with Crippen molar-refractivity contribution in [3.05, 3.63) is 59.5 Å². The number of hydrogen-bond donors (Lipinski definition) is 3. The minimum absolute atomic E-state index is 0.00771. The Morgan fingerprint density at radius 3 is 2.59 bits per heavy atom. The van der Waals surface area contributed by atoms with Gasteiger partial charge in [-0.2, -0.15) is 0 Å². The van der Waals surface area contributed by atoms with Crippen molar-refractivity contribution in [3.8, 4) is 11.4 Å². The second kappa shape index (κ2) is 8.17. The number of sulfonamides is 1. The summed E-state index contributed by atoms with van der Waals surface area (Å²) in [6, 6.07) is 11.1. The summed E-state index contributed by atoms with van der Waals surface area (Å²) in [5, 5.41) is 17.8. The van der Waals surface area contributed by atoms with Crippen molar-refractivity contribution in [3.63, 3.8) is 0 Å². The third-order valence-electron chi connectivity index (χ3n) is 4.95. The predicted octanol–water partition coefficient (Wildman–Crippen LogP) is 2.79. The monoisotopic (exact) mass is 455 g/mol. The molecule has 0 spiro atoms. The second-order valence-corrected chi connectivity index (χ2v) is 9.06. The maximum atomic E-state index is 13.5. The topological polar surface area (TPSA) is 130 Å². The quantitative estimate of drug-likeness (QED) is 0.408. The molecular formula is C21H22FN7O2S. The molecular weight excluding hydrogens is 433 g/mol. The molecule has 0 amide bonds. The molecule has 4 N–H and O–H groups in total. The third-order valence-corrected chi connectivity index (χ3v) is 5.91. The number of nitrogens with zero attached hydrogens (tertiary/aromatic N) is 4. The molecule has 0 radical (unpaired) electrons. The molecule has 0 unspecified atom stereocenters. The molecule has 4 rings (SSSR count). The highest BCUT2D eigenvalue weighted by molar-refractivity contribution is 7.89. The first-order valence-corrected chi connectivity index (χ1v) is 11.2. The van der Waals surface area contributed by atoms with E-state index in [1.54, 1.807) is 36.1 Å². The van der Waals surface area contributed by atoms with Gasteiger partial charge in [-0.05, 0) is 30.7 Å². The zero-order valence-corrected chi connectivity index (χ0v) is 18.5. The number of nitrogens with one attached hydrogen (secondary N) is 2. The van der Waals surface area contributed by atoms with Crippen LogP contribution in [0.4, 0.5) is 16.0 Å². The summed E-state index contributed by atoms with van der Waals surface area (Å²) in [6.07, 6.45) is 0. The van der Waals surface area contributed by atoms with Crippen LogP contribution in [0.3, 0.4) is 0 Å². The molecule has 0 aliphatic heterocycles. The number of anilines is 2. The van der Waals surface area contributed by atoms with Crippen LogP contribution in [0.15, 0.2) is 47.4 Å². The standard InChI is InChI=1S/C21H22FN7O2S/c1-12-17(15-8-5-9-16(18(15)25-12)32(23,30)31)19-26-20(21(28-27-19)29(2)3)24-11-13-6-4-7-14(22)10-13/h4-10,25H,11H2,1-3H3,(H2,23,30,31)(H,24,26,27). The highest BCUT2D eigenvalue weighted by Gasteiger charge is 2.21. The number of para-hydroxylation sites is 1. The number of H-pyrrole nitrogens is 1. The lowest BCUT2D eigenvalue weighted by molar-refractivity contribution is 0.598. The van der Waals surface area contributed by atoms with Crippen LogP contribution in [0.5, 0.6) is 0 Å². The molecule has 0 bridgehead atoms. The number of nitrogens with two attached hydrogens (primary N) is 1. The number of aromatic amines is 1. The van der Waals surface area contributed by atoms with Gasteiger partial charge in [0.05, 0.1) is 5.52 Å². The van der Waals surface area contributed by atoms with E-state index in [2.05, 4.69) is 25.5 Å². The van der Waals surface area contributed by atoms with Crippen molar-refractivity contribution in [1.82, 2.24) is 20.2 Å². The zero-order chi connectivity index (χ0) is 23.0. The largest absolute Gasteiger partial charge is 0.363 e. The Morgan fingerprint density at radius 2 is 1.91 bits per heavy atom. The van der Waals surface area contributed by atoms with Crippen molar-refractivity contribution < 1.29 is 12.8 Å². The van der Waals surface area contributed by atoms with Crippen LogP contribution in [0.2, 0.25) is 0 Å². The van der Waals surface area contributed by atoms with Crippen molar-refractivity contribution >= 4 is 32.6 Å². The van der Waals surface area contributed by atoms with Crippen LogP contribution in [-0.4, -0.2) is 42.7 Å². The average molecular weight is 456 g/mol. The highest BCUT2D eigenvalue weighted by Crippen LogP contribution is 2.34. The third kappa shape index (κ3) is 4.12. The van der Waals surface area contributed by atoms with Crippen molar-refractivity contribution in [2.75, 3.05) is 24.3 Å². The number of aromatic nitrogens is 4. The van der Waals surface area contributed by atoms with E-state index in [1.165, 1.54) is 18.2 Å². The first kappa shape index (κ1) is 21.7. The molecule has 0 aliphatic rings. The molecule has 2 aromatic carbocycles. The Morgan fingerprint density at radius 1 is 1.16 bits per heavy atom. The summed E-state index contributed by atoms with van der Waals surface area (Å²) in [7, 11) is -0.294. The van der Waals surface area contributed by atoms with E-state index in [1.807, 2.05) is 14.1 Å². The first-order chi connectivity index (χ1) is 15.1. The fourth-order valence-corrected chi connectivity index (χ4v) is 4.24. The van der Waals surface area contributed by atoms with E-state index in [4.69, 9.17) is 5.14 Å². The molecule has 2 heterocycles. The molecule has 0 fully saturated rings. The number of benzene rings is 2. The lowest BCUT2D eigenvalue weighted by Gasteiger charge is -2.16. The van der Waals surface area contributed by atoms with Gasteiger partial charge >= 0.3 is 0 Å². The lowest BCUT2D eigenvalue weighted by atomic mass is 10.1. The van der Waals surface area contributed by atoms with Crippen molar-refractivity contribution in [1.29, 1.82) is 0 Å². The summed E-state index contributed by atoms with van der Waals surface area (Å²) in [5.41, 5.74) is 2.43. The highest BCUT2D eigenvalue weighted by atomic mass is 32.2. The molecule has 0 atom stereocenters. The molecule has 0 aliphatic carbocycles. The van der Waals surface area contributed by atoms with Crippen LogP contribution in [0, 0.1) is 12.7 Å². The number of halogens is 1. The van der Waals surface area contributed by atoms with Gasteiger partial charge in [0.1, 0.15) is 10.7 Å². The van der Waals surface area contributed by atoms with Crippen LogP contribution in [0.25, 0.3) is 22.3 Å². The first-order valence-electron chi connectivity index (χ1n) is 9.70. The molecule has 4 aromatic rings. The van der Waals surface area contributed by atoms with Gasteiger partial charge in [-0.15, -0.1) is 10.2 Å². The van der Waals surface area contributed by atoms with E-state index >= 15 is 0 Å². The van der Waals surface area contributed by atoms with Gasteiger partial charge in [0.2, 0.25) is 10.0 Å². The van der Waals surface area contributed by atoms with Gasteiger partial charge in [-0.1, -0.05) is 24.3 Å². The smallest absolute Gasteiger partial charge is 0.240 e. The number of hydrogen-bond acceptors (Lipinski definition) is 7. The minimum Gasteiger partial charge on any atom is -0.363 e. The SMILES string of the molecule is Cc1[nH]c2c(S(N)(=O)=O)cccc2c1-c1nnc(N(C)C)c(NCc2cccc(F)c2)n1. The lowest BCUT2D eigenvalue weighted by Crippen LogP contribution is -2.16. The Kier molecular flexibility index (Phi) is 5.53. The van der Waals surface area contributed by atoms with E-state index in [0.29, 0.717) is 46.2 Å². The second-order valence-electron chi connectivity index (χ2n) is 7.53. The van der Waals surface area contributed by atoms with Gasteiger partial charge in [-0.25, -0.2) is 22.9 Å². The number of rotatable bonds is 6. The van der Waals surface area contributed by atoms with E-state index < -0.39 is 10.0 Å². The van der Waals surface area contributed by atoms with E-state index in [-0.39, 0.29) is 10.7 Å². The van der Waals surface area contributed by atoms with Gasteiger partial charge < -0.3 is 15.2 Å². The van der Waals surface area contributed by atoms with Crippen molar-refractivity contribution in [2.45, 2.75) is 18.4 Å². The van der Waals surface area contributed by atoms with Crippen LogP contribution < -0.4 is 15.4 Å². The van der Waals surface area contributed by atoms with Crippen LogP contribution >= 0.6 is 0 Å². The predicted molar refractivity (Wildman–Crippen MR) is 121 cm³/mol. The molecule has 2 aromatic heterocycles. The molecule has 0 saturated heterocycles. The Labute approximate surface area is 184 Å². The molecule has 32 heavy (non-hydrogen) atoms. The Balaban J connectivity index is 1.80. The summed E-state index contributed by atoms with van der Waals surface area (Å²) < 4.78 is 37.5. The molecule has 0 saturated carbocycles. The van der Waals surface area contributed by atoms with Crippen molar-refractivity contribution in [2.24, 2.45) is 5.14 Å². The fraction of sp³-hybridized carbons (Fsp3) is 0.190. The molecule has 166 valence electrons. The normalized spacial score (nSPS) is 11.7. The molecule has 11 heteroatoms. The summed E-state index contributed by atoms with van der Waals surface area (Å²) >= 11 is 0. The summed E-state index contributed by atoms with van der Waals surface area (Å²) in [4.78, 5) is 9.49. The van der Waals surface area contributed by atoms with Crippen LogP contribution in [-0.2, 0) is 16.6 Å². The fourth-order valence-electron chi connectivity index (χ4n) is 3.52. The van der Waals surface area contributed by atoms with Gasteiger partial charge in [0, 0.05) is 37.3 Å². The maximum Gasteiger partial charge on any atom is 0.240 e. The number of fused-ring (bicyclic) bond motifs is 1. The molecule has 9 nitrogen and oxygen atoms in total. The number of aryl methyl sites for hydroxylation is 1. The summed E-state index contributed by atoms with van der Waals surface area (Å²) in [5.74, 6) is 0.958. The van der Waals surface area contributed by atoms with Crippen LogP contribution in [0.1, 0.15) is 11.3 Å². The maximum absolute atomic E-state index is 13.5. The zero-order valence-electron chi connectivity index (χ0n) is 17.7. The van der Waals surface area contributed by atoms with E-state index in [0.717, 1.165) is 5.56 Å². The van der Waals surface area contributed by atoms with Gasteiger partial charge in [-0.3, -0.25) is 0 Å². The van der Waals surface area contributed by atoms with Gasteiger partial charge in [0.15, 0.2) is 17.5 Å². The number of primary sulfonamides is 1. The Bertz CT molecular complexity index is 1420. The van der Waals surface area contributed by atoms with E-state index in [9.17, 15) is 12.8 Å². The summed E-state index contributed by atoms with van der Waals surface area (Å²) in [6.45, 7) is 2.13.